The van der Waals surface area contributed by atoms with Gasteiger partial charge in [-0.15, -0.1) is 0 Å². The van der Waals surface area contributed by atoms with E-state index in [1.54, 1.807) is 0 Å². The molecule has 0 unspecified atom stereocenters. The standard InChI is InChI=1S/C10H12FNO3/c1-7(2)6-15-10-5-8(12(13)14)3-4-9(10)11/h3-5,7H,6H2,1-2H3. The molecule has 0 saturated heterocycles. The SMILES string of the molecule is CC(C)COc1cc([N+](=O)[O-])ccc1F. The number of hydrogen-bond acceptors (Lipinski definition) is 3. The fourth-order valence-corrected chi connectivity index (χ4v) is 0.973. The molecule has 1 rings (SSSR count). The molecule has 82 valence electrons. The van der Waals surface area contributed by atoms with Gasteiger partial charge in [0.05, 0.1) is 17.6 Å². The molecule has 0 radical (unpaired) electrons. The van der Waals surface area contributed by atoms with Gasteiger partial charge in [-0.05, 0) is 12.0 Å². The van der Waals surface area contributed by atoms with Crippen LogP contribution in [0.25, 0.3) is 0 Å². The van der Waals surface area contributed by atoms with Gasteiger partial charge in [0.15, 0.2) is 11.6 Å². The Morgan fingerprint density at radius 1 is 1.53 bits per heavy atom. The van der Waals surface area contributed by atoms with E-state index in [1.165, 1.54) is 0 Å². The van der Waals surface area contributed by atoms with Crippen LogP contribution in [0.1, 0.15) is 13.8 Å². The predicted molar refractivity (Wildman–Crippen MR) is 53.4 cm³/mol. The van der Waals surface area contributed by atoms with Crippen molar-refractivity contribution in [2.24, 2.45) is 5.92 Å². The summed E-state index contributed by atoms with van der Waals surface area (Å²) in [5.41, 5.74) is -0.171. The van der Waals surface area contributed by atoms with E-state index in [0.29, 0.717) is 6.61 Å². The normalized spacial score (nSPS) is 10.4. The lowest BCUT2D eigenvalue weighted by Crippen LogP contribution is -2.06. The third kappa shape index (κ3) is 3.19. The smallest absolute Gasteiger partial charge is 0.273 e. The van der Waals surface area contributed by atoms with Crippen LogP contribution in [0.4, 0.5) is 10.1 Å². The Labute approximate surface area is 86.8 Å². The van der Waals surface area contributed by atoms with Crippen LogP contribution >= 0.6 is 0 Å². The minimum Gasteiger partial charge on any atom is -0.490 e. The highest BCUT2D eigenvalue weighted by Crippen LogP contribution is 2.23. The summed E-state index contributed by atoms with van der Waals surface area (Å²) in [6.45, 7) is 4.16. The molecule has 0 saturated carbocycles. The molecule has 1 aromatic carbocycles. The molecule has 0 N–H and O–H groups in total. The number of nitro benzene ring substituents is 1. The zero-order chi connectivity index (χ0) is 11.4. The van der Waals surface area contributed by atoms with Gasteiger partial charge >= 0.3 is 0 Å². The molecule has 0 fully saturated rings. The van der Waals surface area contributed by atoms with Crippen molar-refractivity contribution in [3.8, 4) is 5.75 Å². The first-order valence-electron chi connectivity index (χ1n) is 4.57. The topological polar surface area (TPSA) is 52.4 Å². The molecule has 0 spiro atoms. The van der Waals surface area contributed by atoms with E-state index in [4.69, 9.17) is 4.74 Å². The summed E-state index contributed by atoms with van der Waals surface area (Å²) >= 11 is 0. The van der Waals surface area contributed by atoms with E-state index in [2.05, 4.69) is 0 Å². The second kappa shape index (κ2) is 4.72. The zero-order valence-corrected chi connectivity index (χ0v) is 8.57. The summed E-state index contributed by atoms with van der Waals surface area (Å²) < 4.78 is 18.2. The second-order valence-corrected chi connectivity index (χ2v) is 3.58. The molecule has 0 atom stereocenters. The maximum Gasteiger partial charge on any atom is 0.273 e. The van der Waals surface area contributed by atoms with Gasteiger partial charge in [-0.3, -0.25) is 10.1 Å². The second-order valence-electron chi connectivity index (χ2n) is 3.58. The Morgan fingerprint density at radius 2 is 2.20 bits per heavy atom. The Bertz CT molecular complexity index is 366. The molecule has 0 aromatic heterocycles. The number of nitrogens with zero attached hydrogens (tertiary/aromatic N) is 1. The van der Waals surface area contributed by atoms with E-state index in [0.717, 1.165) is 18.2 Å². The number of halogens is 1. The van der Waals surface area contributed by atoms with Crippen molar-refractivity contribution in [2.75, 3.05) is 6.61 Å². The van der Waals surface area contributed by atoms with Gasteiger partial charge in [-0.2, -0.15) is 0 Å². The van der Waals surface area contributed by atoms with Crippen LogP contribution < -0.4 is 4.74 Å². The maximum atomic E-state index is 13.1. The number of non-ortho nitro benzene ring substituents is 1. The Morgan fingerprint density at radius 3 is 2.73 bits per heavy atom. The van der Waals surface area contributed by atoms with Crippen LogP contribution in [-0.2, 0) is 0 Å². The maximum absolute atomic E-state index is 13.1. The third-order valence-corrected chi connectivity index (χ3v) is 1.70. The van der Waals surface area contributed by atoms with Crippen LogP contribution in [0.15, 0.2) is 18.2 Å². The minimum absolute atomic E-state index is 0.0714. The van der Waals surface area contributed by atoms with E-state index in [1.807, 2.05) is 13.8 Å². The van der Waals surface area contributed by atoms with Crippen molar-refractivity contribution in [1.29, 1.82) is 0 Å². The molecule has 15 heavy (non-hydrogen) atoms. The first-order chi connectivity index (χ1) is 7.00. The summed E-state index contributed by atoms with van der Waals surface area (Å²) in [5.74, 6) is -0.414. The van der Waals surface area contributed by atoms with Crippen LogP contribution in [0, 0.1) is 21.8 Å². The largest absolute Gasteiger partial charge is 0.490 e. The van der Waals surface area contributed by atoms with Gasteiger partial charge in [0.25, 0.3) is 5.69 Å². The third-order valence-electron chi connectivity index (χ3n) is 1.70. The zero-order valence-electron chi connectivity index (χ0n) is 8.57. The number of nitro groups is 1. The molecule has 0 aliphatic carbocycles. The van der Waals surface area contributed by atoms with Gasteiger partial charge in [0, 0.05) is 6.07 Å². The van der Waals surface area contributed by atoms with Crippen molar-refractivity contribution < 1.29 is 14.1 Å². The molecular weight excluding hydrogens is 201 g/mol. The summed E-state index contributed by atoms with van der Waals surface area (Å²) in [4.78, 5) is 9.85. The minimum atomic E-state index is -0.582. The van der Waals surface area contributed by atoms with Gasteiger partial charge in [-0.1, -0.05) is 13.8 Å². The van der Waals surface area contributed by atoms with Crippen LogP contribution in [0.2, 0.25) is 0 Å². The molecule has 4 nitrogen and oxygen atoms in total. The fraction of sp³-hybridized carbons (Fsp3) is 0.400. The Hall–Kier alpha value is -1.65. The van der Waals surface area contributed by atoms with Crippen molar-refractivity contribution >= 4 is 5.69 Å². The highest BCUT2D eigenvalue weighted by atomic mass is 19.1. The number of rotatable bonds is 4. The van der Waals surface area contributed by atoms with Gasteiger partial charge in [0.1, 0.15) is 0 Å². The summed E-state index contributed by atoms with van der Waals surface area (Å²) in [6, 6.07) is 3.24. The van der Waals surface area contributed by atoms with Crippen molar-refractivity contribution in [3.63, 3.8) is 0 Å². The lowest BCUT2D eigenvalue weighted by Gasteiger charge is -2.08. The van der Waals surface area contributed by atoms with E-state index >= 15 is 0 Å². The first-order valence-corrected chi connectivity index (χ1v) is 4.57. The average Bonchev–Trinajstić information content (AvgIpc) is 2.16. The highest BCUT2D eigenvalue weighted by Gasteiger charge is 2.11. The van der Waals surface area contributed by atoms with Crippen molar-refractivity contribution in [2.45, 2.75) is 13.8 Å². The van der Waals surface area contributed by atoms with E-state index in [9.17, 15) is 14.5 Å². The van der Waals surface area contributed by atoms with Gasteiger partial charge in [-0.25, -0.2) is 4.39 Å². The summed E-state index contributed by atoms with van der Waals surface area (Å²) in [5, 5.41) is 10.4. The van der Waals surface area contributed by atoms with Crippen LogP contribution in [0.3, 0.4) is 0 Å². The van der Waals surface area contributed by atoms with Crippen molar-refractivity contribution in [1.82, 2.24) is 0 Å². The summed E-state index contributed by atoms with van der Waals surface area (Å²) in [6.07, 6.45) is 0. The van der Waals surface area contributed by atoms with Crippen LogP contribution in [-0.4, -0.2) is 11.5 Å². The van der Waals surface area contributed by atoms with Gasteiger partial charge < -0.3 is 4.74 Å². The molecule has 0 amide bonds. The van der Waals surface area contributed by atoms with Crippen LogP contribution in [0.5, 0.6) is 5.75 Å². The van der Waals surface area contributed by atoms with Crippen molar-refractivity contribution in [3.05, 3.63) is 34.1 Å². The Kier molecular flexibility index (Phi) is 3.60. The number of hydrogen-bond donors (Lipinski definition) is 0. The monoisotopic (exact) mass is 213 g/mol. The first kappa shape index (κ1) is 11.4. The Balaban J connectivity index is 2.85. The number of benzene rings is 1. The molecule has 5 heteroatoms. The molecular formula is C10H12FNO3. The molecule has 1 aromatic rings. The molecule has 0 heterocycles. The predicted octanol–water partition coefficient (Wildman–Crippen LogP) is 2.77. The molecule has 0 aliphatic rings. The quantitative estimate of drug-likeness (QED) is 0.570. The van der Waals surface area contributed by atoms with Gasteiger partial charge in [0.2, 0.25) is 0 Å². The number of ether oxygens (including phenoxy) is 1. The summed E-state index contributed by atoms with van der Waals surface area (Å²) in [7, 11) is 0. The lowest BCUT2D eigenvalue weighted by molar-refractivity contribution is -0.385. The highest BCUT2D eigenvalue weighted by molar-refractivity contribution is 5.39. The average molecular weight is 213 g/mol. The fourth-order valence-electron chi connectivity index (χ4n) is 0.973. The molecule has 0 aliphatic heterocycles. The van der Waals surface area contributed by atoms with E-state index < -0.39 is 10.7 Å². The lowest BCUT2D eigenvalue weighted by atomic mass is 10.2. The van der Waals surface area contributed by atoms with E-state index in [-0.39, 0.29) is 17.4 Å². The molecule has 0 bridgehead atoms.